The number of nitrogens with zero attached hydrogens (tertiary/aromatic N) is 3. The summed E-state index contributed by atoms with van der Waals surface area (Å²) < 4.78 is 14.0. The number of hydrogen-bond donors (Lipinski definition) is 1. The van der Waals surface area contributed by atoms with Crippen molar-refractivity contribution in [1.82, 2.24) is 14.5 Å². The molecule has 0 spiro atoms. The number of imidazole rings is 1. The SMILES string of the molecule is Cn1cc(Br)nc1C1(OCC(=O)O)CCC2CN(C(=O)OC(C)(C)C)CC21. The van der Waals surface area contributed by atoms with Gasteiger partial charge in [-0.15, -0.1) is 0 Å². The van der Waals surface area contributed by atoms with Gasteiger partial charge in [0, 0.05) is 32.3 Å². The minimum absolute atomic E-state index is 0.0302. The van der Waals surface area contributed by atoms with Crippen LogP contribution in [0.15, 0.2) is 10.8 Å². The lowest BCUT2D eigenvalue weighted by atomic mass is 9.87. The van der Waals surface area contributed by atoms with Crippen molar-refractivity contribution in [3.63, 3.8) is 0 Å². The van der Waals surface area contributed by atoms with E-state index in [9.17, 15) is 14.7 Å². The molecule has 1 saturated heterocycles. The number of aryl methyl sites for hydroxylation is 1. The maximum atomic E-state index is 12.5. The first-order valence-electron chi connectivity index (χ1n) is 9.05. The fraction of sp³-hybridized carbons (Fsp3) is 0.722. The number of amides is 1. The summed E-state index contributed by atoms with van der Waals surface area (Å²) in [5.74, 6) is -0.138. The largest absolute Gasteiger partial charge is 0.480 e. The molecule has 0 radical (unpaired) electrons. The Bertz CT molecular complexity index is 744. The highest BCUT2D eigenvalue weighted by Gasteiger charge is 2.57. The zero-order valence-electron chi connectivity index (χ0n) is 16.1. The number of rotatable bonds is 4. The van der Waals surface area contributed by atoms with Crippen LogP contribution in [0, 0.1) is 11.8 Å². The standard InChI is InChI=1S/C18H26BrN3O5/c1-17(2,3)27-16(25)22-7-11-5-6-18(12(11)8-22,26-10-14(23)24)15-20-13(19)9-21(15)4/h9,11-12H,5-8,10H2,1-4H3,(H,23,24). The van der Waals surface area contributed by atoms with Gasteiger partial charge in [-0.05, 0) is 55.5 Å². The molecule has 1 aromatic rings. The minimum Gasteiger partial charge on any atom is -0.480 e. The maximum absolute atomic E-state index is 12.5. The molecule has 1 aliphatic carbocycles. The van der Waals surface area contributed by atoms with Crippen molar-refractivity contribution in [2.75, 3.05) is 19.7 Å². The van der Waals surface area contributed by atoms with Crippen LogP contribution in [0.3, 0.4) is 0 Å². The number of carboxylic acid groups (broad SMARTS) is 1. The van der Waals surface area contributed by atoms with E-state index < -0.39 is 23.8 Å². The Balaban J connectivity index is 1.88. The Labute approximate surface area is 167 Å². The normalized spacial score (nSPS) is 27.7. The molecule has 3 rings (SSSR count). The van der Waals surface area contributed by atoms with Crippen molar-refractivity contribution < 1.29 is 24.2 Å². The maximum Gasteiger partial charge on any atom is 0.410 e. The third-order valence-electron chi connectivity index (χ3n) is 5.26. The first kappa shape index (κ1) is 20.1. The number of aliphatic carboxylic acids is 1. The van der Waals surface area contributed by atoms with Crippen molar-refractivity contribution in [1.29, 1.82) is 0 Å². The lowest BCUT2D eigenvalue weighted by Crippen LogP contribution is -2.42. The van der Waals surface area contributed by atoms with Crippen LogP contribution in [0.5, 0.6) is 0 Å². The fourth-order valence-corrected chi connectivity index (χ4v) is 4.76. The highest BCUT2D eigenvalue weighted by molar-refractivity contribution is 9.10. The van der Waals surface area contributed by atoms with Gasteiger partial charge in [0.15, 0.2) is 0 Å². The first-order chi connectivity index (χ1) is 12.5. The van der Waals surface area contributed by atoms with Crippen molar-refractivity contribution in [3.8, 4) is 0 Å². The Hall–Kier alpha value is -1.61. The van der Waals surface area contributed by atoms with Gasteiger partial charge in [0.2, 0.25) is 0 Å². The molecule has 27 heavy (non-hydrogen) atoms. The summed E-state index contributed by atoms with van der Waals surface area (Å²) in [6.45, 7) is 6.17. The van der Waals surface area contributed by atoms with Crippen molar-refractivity contribution in [2.24, 2.45) is 18.9 Å². The van der Waals surface area contributed by atoms with Gasteiger partial charge in [0.05, 0.1) is 0 Å². The molecule has 1 aromatic heterocycles. The highest BCUT2D eigenvalue weighted by atomic mass is 79.9. The van der Waals surface area contributed by atoms with Gasteiger partial charge < -0.3 is 24.0 Å². The molecule has 0 bridgehead atoms. The van der Waals surface area contributed by atoms with E-state index in [1.54, 1.807) is 4.90 Å². The van der Waals surface area contributed by atoms with E-state index in [1.165, 1.54) is 0 Å². The van der Waals surface area contributed by atoms with Gasteiger partial charge in [-0.1, -0.05) is 0 Å². The molecule has 1 N–H and O–H groups in total. The zero-order chi connectivity index (χ0) is 20.0. The van der Waals surface area contributed by atoms with E-state index >= 15 is 0 Å². The fourth-order valence-electron chi connectivity index (χ4n) is 4.29. The summed E-state index contributed by atoms with van der Waals surface area (Å²) in [4.78, 5) is 30.0. The van der Waals surface area contributed by atoms with Gasteiger partial charge in [-0.3, -0.25) is 0 Å². The predicted octanol–water partition coefficient (Wildman–Crippen LogP) is 2.76. The van der Waals surface area contributed by atoms with E-state index in [1.807, 2.05) is 38.6 Å². The van der Waals surface area contributed by atoms with Gasteiger partial charge in [0.1, 0.15) is 28.2 Å². The van der Waals surface area contributed by atoms with Gasteiger partial charge in [-0.2, -0.15) is 0 Å². The van der Waals surface area contributed by atoms with Crippen molar-refractivity contribution in [3.05, 3.63) is 16.6 Å². The smallest absolute Gasteiger partial charge is 0.410 e. The Morgan fingerprint density at radius 1 is 1.41 bits per heavy atom. The Kier molecular flexibility index (Phi) is 5.28. The monoisotopic (exact) mass is 443 g/mol. The topological polar surface area (TPSA) is 93.9 Å². The molecule has 2 fully saturated rings. The van der Waals surface area contributed by atoms with Gasteiger partial charge in [0.25, 0.3) is 0 Å². The summed E-state index contributed by atoms with van der Waals surface area (Å²) in [6.07, 6.45) is 3.00. The molecule has 2 aliphatic rings. The molecule has 3 unspecified atom stereocenters. The van der Waals surface area contributed by atoms with Crippen LogP contribution in [0.2, 0.25) is 0 Å². The average Bonchev–Trinajstić information content (AvgIpc) is 3.18. The predicted molar refractivity (Wildman–Crippen MR) is 100 cm³/mol. The molecule has 150 valence electrons. The molecule has 1 saturated carbocycles. The summed E-state index contributed by atoms with van der Waals surface area (Å²) in [5.41, 5.74) is -1.39. The molecule has 2 heterocycles. The second-order valence-electron chi connectivity index (χ2n) is 8.36. The molecule has 9 heteroatoms. The number of halogens is 1. The lowest BCUT2D eigenvalue weighted by Gasteiger charge is -2.34. The second-order valence-corrected chi connectivity index (χ2v) is 9.17. The van der Waals surface area contributed by atoms with E-state index in [-0.39, 0.29) is 17.9 Å². The summed E-state index contributed by atoms with van der Waals surface area (Å²) in [6, 6.07) is 0. The van der Waals surface area contributed by atoms with Crippen molar-refractivity contribution in [2.45, 2.75) is 44.8 Å². The third kappa shape index (κ3) is 3.99. The number of aromatic nitrogens is 2. The van der Waals surface area contributed by atoms with Crippen LogP contribution in [0.25, 0.3) is 0 Å². The highest BCUT2D eigenvalue weighted by Crippen LogP contribution is 2.52. The molecule has 3 atom stereocenters. The summed E-state index contributed by atoms with van der Waals surface area (Å²) in [5, 5.41) is 9.17. The van der Waals surface area contributed by atoms with E-state index in [0.29, 0.717) is 29.9 Å². The number of fused-ring (bicyclic) bond motifs is 1. The third-order valence-corrected chi connectivity index (χ3v) is 5.64. The van der Waals surface area contributed by atoms with Gasteiger partial charge in [-0.25, -0.2) is 14.6 Å². The minimum atomic E-state index is -1.02. The number of carbonyl (C=O) groups excluding carboxylic acids is 1. The van der Waals surface area contributed by atoms with E-state index in [2.05, 4.69) is 20.9 Å². The van der Waals surface area contributed by atoms with Crippen molar-refractivity contribution >= 4 is 28.0 Å². The van der Waals surface area contributed by atoms with Crippen LogP contribution in [-0.4, -0.2) is 56.9 Å². The number of ether oxygens (including phenoxy) is 2. The first-order valence-corrected chi connectivity index (χ1v) is 9.84. The second kappa shape index (κ2) is 7.09. The molecule has 8 nitrogen and oxygen atoms in total. The number of carboxylic acids is 1. The molecule has 1 aliphatic heterocycles. The van der Waals surface area contributed by atoms with Crippen LogP contribution in [-0.2, 0) is 26.9 Å². The van der Waals surface area contributed by atoms with Crippen LogP contribution < -0.4 is 0 Å². The Morgan fingerprint density at radius 3 is 2.67 bits per heavy atom. The lowest BCUT2D eigenvalue weighted by molar-refractivity contribution is -0.155. The number of likely N-dealkylation sites (tertiary alicyclic amines) is 1. The molecule has 0 aromatic carbocycles. The van der Waals surface area contributed by atoms with Crippen LogP contribution in [0.4, 0.5) is 4.79 Å². The summed E-state index contributed by atoms with van der Waals surface area (Å²) >= 11 is 3.39. The summed E-state index contributed by atoms with van der Waals surface area (Å²) in [7, 11) is 1.87. The van der Waals surface area contributed by atoms with E-state index in [0.717, 1.165) is 6.42 Å². The molecular weight excluding hydrogens is 418 g/mol. The molecular formula is C18H26BrN3O5. The van der Waals surface area contributed by atoms with Crippen LogP contribution >= 0.6 is 15.9 Å². The Morgan fingerprint density at radius 2 is 2.11 bits per heavy atom. The average molecular weight is 444 g/mol. The number of carbonyl (C=O) groups is 2. The van der Waals surface area contributed by atoms with Crippen LogP contribution in [0.1, 0.15) is 39.4 Å². The number of hydrogen-bond acceptors (Lipinski definition) is 5. The molecule has 1 amide bonds. The van der Waals surface area contributed by atoms with E-state index in [4.69, 9.17) is 9.47 Å². The quantitative estimate of drug-likeness (QED) is 0.768. The zero-order valence-corrected chi connectivity index (χ0v) is 17.7. The van der Waals surface area contributed by atoms with Gasteiger partial charge >= 0.3 is 12.1 Å².